The lowest BCUT2D eigenvalue weighted by atomic mass is 10.1. The molecule has 140 valence electrons. The van der Waals surface area contributed by atoms with E-state index < -0.39 is 22.0 Å². The molecule has 0 spiro atoms. The van der Waals surface area contributed by atoms with Crippen molar-refractivity contribution in [2.24, 2.45) is 0 Å². The average molecular weight is 376 g/mol. The van der Waals surface area contributed by atoms with Crippen molar-refractivity contribution in [3.05, 3.63) is 36.7 Å². The van der Waals surface area contributed by atoms with E-state index in [4.69, 9.17) is 4.74 Å². The number of rotatable bonds is 5. The first-order chi connectivity index (χ1) is 12.5. The maximum Gasteiger partial charge on any atom is 0.264 e. The predicted molar refractivity (Wildman–Crippen MR) is 99.1 cm³/mol. The first-order valence-corrected chi connectivity index (χ1v) is 10.5. The fourth-order valence-corrected chi connectivity index (χ4v) is 4.60. The van der Waals surface area contributed by atoms with Crippen molar-refractivity contribution in [3.63, 3.8) is 0 Å². The lowest BCUT2D eigenvalue weighted by Crippen LogP contribution is -2.40. The van der Waals surface area contributed by atoms with E-state index in [2.05, 4.69) is 9.71 Å². The average Bonchev–Trinajstić information content (AvgIpc) is 2.89. The maximum absolute atomic E-state index is 12.7. The van der Waals surface area contributed by atoms with Crippen molar-refractivity contribution < 1.29 is 17.9 Å². The number of ether oxygens (including phenoxy) is 1. The maximum atomic E-state index is 12.7. The van der Waals surface area contributed by atoms with Gasteiger partial charge in [-0.3, -0.25) is 9.78 Å². The van der Waals surface area contributed by atoms with E-state index in [9.17, 15) is 13.2 Å². The third kappa shape index (κ3) is 4.40. The van der Waals surface area contributed by atoms with Crippen LogP contribution in [0.25, 0.3) is 10.8 Å². The number of amides is 1. The molecule has 1 aliphatic rings. The third-order valence-electron chi connectivity index (χ3n) is 4.73. The van der Waals surface area contributed by atoms with Crippen LogP contribution in [0.3, 0.4) is 0 Å². The van der Waals surface area contributed by atoms with Crippen molar-refractivity contribution in [1.29, 1.82) is 0 Å². The molecule has 0 aliphatic heterocycles. The van der Waals surface area contributed by atoms with Crippen molar-refractivity contribution in [2.75, 3.05) is 0 Å². The summed E-state index contributed by atoms with van der Waals surface area (Å²) in [4.78, 5) is 16.5. The highest BCUT2D eigenvalue weighted by Crippen LogP contribution is 2.23. The molecule has 1 N–H and O–H groups in total. The highest BCUT2D eigenvalue weighted by Gasteiger charge is 2.26. The zero-order valence-corrected chi connectivity index (χ0v) is 15.7. The van der Waals surface area contributed by atoms with Gasteiger partial charge in [0.05, 0.1) is 11.0 Å². The first-order valence-electron chi connectivity index (χ1n) is 9.02. The van der Waals surface area contributed by atoms with Gasteiger partial charge in [0.1, 0.15) is 6.10 Å². The molecule has 1 aliphatic carbocycles. The summed E-state index contributed by atoms with van der Waals surface area (Å²) in [6, 6.07) is 6.52. The smallest absolute Gasteiger partial charge is 0.264 e. The second kappa shape index (κ2) is 8.14. The predicted octanol–water partition coefficient (Wildman–Crippen LogP) is 3.17. The van der Waals surface area contributed by atoms with Gasteiger partial charge in [0.25, 0.3) is 15.9 Å². The van der Waals surface area contributed by atoms with Crippen LogP contribution in [0.5, 0.6) is 0 Å². The Labute approximate surface area is 154 Å². The van der Waals surface area contributed by atoms with Crippen molar-refractivity contribution >= 4 is 26.7 Å². The van der Waals surface area contributed by atoms with Gasteiger partial charge in [0.15, 0.2) is 0 Å². The molecule has 1 unspecified atom stereocenters. The van der Waals surface area contributed by atoms with Gasteiger partial charge in [-0.25, -0.2) is 13.1 Å². The second-order valence-electron chi connectivity index (χ2n) is 6.71. The second-order valence-corrected chi connectivity index (χ2v) is 8.37. The molecule has 7 heteroatoms. The van der Waals surface area contributed by atoms with Crippen LogP contribution in [0.4, 0.5) is 0 Å². The van der Waals surface area contributed by atoms with E-state index in [1.54, 1.807) is 31.3 Å². The minimum Gasteiger partial charge on any atom is -0.365 e. The summed E-state index contributed by atoms with van der Waals surface area (Å²) >= 11 is 0. The molecule has 1 atom stereocenters. The van der Waals surface area contributed by atoms with Crippen LogP contribution in [0, 0.1) is 0 Å². The summed E-state index contributed by atoms with van der Waals surface area (Å²) in [6.45, 7) is 1.60. The number of carbonyl (C=O) groups excluding carboxylic acids is 1. The number of benzene rings is 1. The van der Waals surface area contributed by atoms with Crippen LogP contribution in [-0.2, 0) is 19.6 Å². The van der Waals surface area contributed by atoms with Crippen LogP contribution in [0.1, 0.15) is 45.4 Å². The fourth-order valence-electron chi connectivity index (χ4n) is 3.33. The quantitative estimate of drug-likeness (QED) is 0.810. The molecule has 0 bridgehead atoms. The van der Waals surface area contributed by atoms with E-state index in [-0.39, 0.29) is 11.0 Å². The lowest BCUT2D eigenvalue weighted by Gasteiger charge is -2.20. The number of nitrogens with zero attached hydrogens (tertiary/aromatic N) is 1. The van der Waals surface area contributed by atoms with Crippen LogP contribution in [-0.4, -0.2) is 31.5 Å². The number of hydrogen-bond acceptors (Lipinski definition) is 5. The molecule has 0 saturated heterocycles. The van der Waals surface area contributed by atoms with Gasteiger partial charge in [0.2, 0.25) is 0 Å². The van der Waals surface area contributed by atoms with Gasteiger partial charge in [0, 0.05) is 23.2 Å². The van der Waals surface area contributed by atoms with Crippen LogP contribution >= 0.6 is 0 Å². The number of nitrogens with one attached hydrogen (secondary N) is 1. The zero-order valence-electron chi connectivity index (χ0n) is 14.8. The highest BCUT2D eigenvalue weighted by atomic mass is 32.2. The molecule has 6 nitrogen and oxygen atoms in total. The molecule has 1 aromatic heterocycles. The number of fused-ring (bicyclic) bond motifs is 1. The molecule has 1 amide bonds. The number of pyridine rings is 1. The first kappa shape index (κ1) is 18.8. The Morgan fingerprint density at radius 1 is 1.19 bits per heavy atom. The van der Waals surface area contributed by atoms with Crippen molar-refractivity contribution in [1.82, 2.24) is 9.71 Å². The number of hydrogen-bond donors (Lipinski definition) is 1. The summed E-state index contributed by atoms with van der Waals surface area (Å²) in [5, 5.41) is 1.23. The summed E-state index contributed by atoms with van der Waals surface area (Å²) in [5.41, 5.74) is 0. The highest BCUT2D eigenvalue weighted by molar-refractivity contribution is 7.90. The van der Waals surface area contributed by atoms with Gasteiger partial charge in [-0.2, -0.15) is 0 Å². The van der Waals surface area contributed by atoms with Crippen molar-refractivity contribution in [3.8, 4) is 0 Å². The number of aromatic nitrogens is 1. The van der Waals surface area contributed by atoms with E-state index >= 15 is 0 Å². The molecule has 0 radical (unpaired) electrons. The molecule has 1 heterocycles. The van der Waals surface area contributed by atoms with E-state index in [1.165, 1.54) is 25.1 Å². The van der Waals surface area contributed by atoms with Crippen LogP contribution in [0.15, 0.2) is 41.6 Å². The molecule has 26 heavy (non-hydrogen) atoms. The lowest BCUT2D eigenvalue weighted by molar-refractivity contribution is -0.133. The minimum atomic E-state index is -3.99. The van der Waals surface area contributed by atoms with E-state index in [0.717, 1.165) is 25.7 Å². The zero-order chi connectivity index (χ0) is 18.6. The monoisotopic (exact) mass is 376 g/mol. The summed E-state index contributed by atoms with van der Waals surface area (Å²) in [6.07, 6.45) is 8.70. The third-order valence-corrected chi connectivity index (χ3v) is 6.14. The fraction of sp³-hybridized carbons (Fsp3) is 0.474. The Morgan fingerprint density at radius 2 is 1.92 bits per heavy atom. The van der Waals surface area contributed by atoms with E-state index in [0.29, 0.717) is 10.8 Å². The topological polar surface area (TPSA) is 85.4 Å². The largest absolute Gasteiger partial charge is 0.365 e. The Bertz CT molecular complexity index is 869. The Hall–Kier alpha value is -1.99. The Morgan fingerprint density at radius 3 is 2.65 bits per heavy atom. The molecule has 3 rings (SSSR count). The molecular weight excluding hydrogens is 352 g/mol. The van der Waals surface area contributed by atoms with Crippen LogP contribution in [0.2, 0.25) is 0 Å². The summed E-state index contributed by atoms with van der Waals surface area (Å²) in [7, 11) is -3.99. The van der Waals surface area contributed by atoms with Gasteiger partial charge in [-0.1, -0.05) is 37.8 Å². The van der Waals surface area contributed by atoms with Crippen molar-refractivity contribution in [2.45, 2.75) is 62.6 Å². The number of carbonyl (C=O) groups is 1. The standard InChI is InChI=1S/C19H24N2O4S/c1-14(25-16-8-4-2-3-5-9-16)19(22)21-26(23,24)18-10-6-7-15-13-20-12-11-17(15)18/h6-7,10-14,16H,2-5,8-9H2,1H3,(H,21,22). The molecule has 1 fully saturated rings. The molecular formula is C19H24N2O4S. The van der Waals surface area contributed by atoms with E-state index in [1.807, 2.05) is 0 Å². The molecule has 1 aromatic carbocycles. The summed E-state index contributed by atoms with van der Waals surface area (Å²) in [5.74, 6) is -0.639. The normalized spacial score (nSPS) is 17.6. The minimum absolute atomic E-state index is 0.0181. The van der Waals surface area contributed by atoms with Gasteiger partial charge >= 0.3 is 0 Å². The summed E-state index contributed by atoms with van der Waals surface area (Å²) < 4.78 is 33.4. The SMILES string of the molecule is CC(OC1CCCCCC1)C(=O)NS(=O)(=O)c1cccc2cnccc12. The Balaban J connectivity index is 1.72. The van der Waals surface area contributed by atoms with Gasteiger partial charge < -0.3 is 4.74 Å². The van der Waals surface area contributed by atoms with Gasteiger partial charge in [-0.05, 0) is 31.9 Å². The van der Waals surface area contributed by atoms with Crippen LogP contribution < -0.4 is 4.72 Å². The van der Waals surface area contributed by atoms with Gasteiger partial charge in [-0.15, -0.1) is 0 Å². The Kier molecular flexibility index (Phi) is 5.88. The number of sulfonamides is 1. The molecule has 2 aromatic rings. The molecule has 1 saturated carbocycles.